The molecule has 0 N–H and O–H groups in total. The zero-order valence-corrected chi connectivity index (χ0v) is 17.2. The van der Waals surface area contributed by atoms with Crippen LogP contribution in [0.2, 0.25) is 0 Å². The van der Waals surface area contributed by atoms with Crippen LogP contribution < -0.4 is 4.90 Å². The number of hydrogen-bond acceptors (Lipinski definition) is 6. The fraction of sp³-hybridized carbons (Fsp3) is 0.250. The van der Waals surface area contributed by atoms with Crippen molar-refractivity contribution < 1.29 is 0 Å². The maximum Gasteiger partial charge on any atom is 0.254 e. The van der Waals surface area contributed by atoms with Crippen molar-refractivity contribution in [2.24, 2.45) is 0 Å². The van der Waals surface area contributed by atoms with E-state index in [4.69, 9.17) is 10.2 Å². The normalized spacial score (nSPS) is 15.0. The number of anilines is 1. The number of fused-ring (bicyclic) bond motifs is 1. The van der Waals surface area contributed by atoms with Gasteiger partial charge in [-0.2, -0.15) is 19.9 Å². The molecule has 0 radical (unpaired) electrons. The van der Waals surface area contributed by atoms with E-state index in [9.17, 15) is 0 Å². The van der Waals surface area contributed by atoms with E-state index in [2.05, 4.69) is 56.3 Å². The van der Waals surface area contributed by atoms with Gasteiger partial charge in [-0.3, -0.25) is 4.90 Å². The fourth-order valence-electron chi connectivity index (χ4n) is 4.08. The smallest absolute Gasteiger partial charge is 0.254 e. The van der Waals surface area contributed by atoms with Crippen LogP contribution in [0.25, 0.3) is 17.0 Å². The van der Waals surface area contributed by atoms with Crippen molar-refractivity contribution in [2.45, 2.75) is 13.0 Å². The second-order valence-corrected chi connectivity index (χ2v) is 7.76. The summed E-state index contributed by atoms with van der Waals surface area (Å²) in [5, 5.41) is 13.4. The third-order valence-corrected chi connectivity index (χ3v) is 5.70. The minimum absolute atomic E-state index is 0.620. The van der Waals surface area contributed by atoms with E-state index in [0.29, 0.717) is 11.3 Å². The van der Waals surface area contributed by atoms with Crippen molar-refractivity contribution in [1.29, 1.82) is 5.26 Å². The van der Waals surface area contributed by atoms with E-state index in [1.54, 1.807) is 6.33 Å². The van der Waals surface area contributed by atoms with Gasteiger partial charge < -0.3 is 4.90 Å². The van der Waals surface area contributed by atoms with Gasteiger partial charge >= 0.3 is 0 Å². The topological polar surface area (TPSA) is 73.3 Å². The molecule has 0 aliphatic carbocycles. The number of aromatic nitrogens is 4. The molecule has 0 bridgehead atoms. The molecule has 154 valence electrons. The largest absolute Gasteiger partial charge is 0.355 e. The molecule has 1 fully saturated rings. The molecule has 3 heterocycles. The molecule has 2 aromatic carbocycles. The van der Waals surface area contributed by atoms with Gasteiger partial charge in [-0.15, -0.1) is 0 Å². The Labute approximate surface area is 181 Å². The van der Waals surface area contributed by atoms with Gasteiger partial charge in [0.25, 0.3) is 5.78 Å². The van der Waals surface area contributed by atoms with Crippen LogP contribution in [0.5, 0.6) is 0 Å². The summed E-state index contributed by atoms with van der Waals surface area (Å²) in [4.78, 5) is 13.9. The van der Waals surface area contributed by atoms with Crippen molar-refractivity contribution in [3.8, 4) is 17.3 Å². The lowest BCUT2D eigenvalue weighted by molar-refractivity contribution is 0.285. The Hall–Kier alpha value is -3.76. The third-order valence-electron chi connectivity index (χ3n) is 5.70. The Morgan fingerprint density at radius 1 is 0.935 bits per heavy atom. The van der Waals surface area contributed by atoms with Crippen molar-refractivity contribution in [3.63, 3.8) is 0 Å². The van der Waals surface area contributed by atoms with Crippen LogP contribution in [0.15, 0.2) is 67.0 Å². The fourth-order valence-corrected chi connectivity index (χ4v) is 4.08. The van der Waals surface area contributed by atoms with Crippen LogP contribution >= 0.6 is 0 Å². The van der Waals surface area contributed by atoms with Crippen LogP contribution in [-0.2, 0) is 6.54 Å². The van der Waals surface area contributed by atoms with Gasteiger partial charge in [0.15, 0.2) is 0 Å². The number of hydrogen-bond donors (Lipinski definition) is 0. The van der Waals surface area contributed by atoms with Crippen LogP contribution in [0.4, 0.5) is 5.82 Å². The molecule has 7 heteroatoms. The highest BCUT2D eigenvalue weighted by atomic mass is 15.4. The average molecular weight is 409 g/mol. The molecule has 0 spiro atoms. The third kappa shape index (κ3) is 4.11. The summed E-state index contributed by atoms with van der Waals surface area (Å²) in [6.07, 6.45) is 2.63. The molecule has 0 saturated carbocycles. The second-order valence-electron chi connectivity index (χ2n) is 7.76. The van der Waals surface area contributed by atoms with Gasteiger partial charge in [0.05, 0.1) is 17.3 Å². The van der Waals surface area contributed by atoms with Crippen molar-refractivity contribution >= 4 is 11.6 Å². The predicted molar refractivity (Wildman–Crippen MR) is 119 cm³/mol. The Morgan fingerprint density at radius 2 is 1.77 bits per heavy atom. The lowest BCUT2D eigenvalue weighted by Crippen LogP contribution is -2.31. The summed E-state index contributed by atoms with van der Waals surface area (Å²) < 4.78 is 1.84. The first-order valence-corrected chi connectivity index (χ1v) is 10.5. The first-order valence-electron chi connectivity index (χ1n) is 10.5. The Balaban J connectivity index is 1.37. The summed E-state index contributed by atoms with van der Waals surface area (Å²) in [5.41, 5.74) is 3.93. The molecule has 1 saturated heterocycles. The van der Waals surface area contributed by atoms with Gasteiger partial charge in [-0.05, 0) is 24.1 Å². The van der Waals surface area contributed by atoms with Crippen LogP contribution in [0, 0.1) is 11.3 Å². The van der Waals surface area contributed by atoms with Crippen molar-refractivity contribution in [2.75, 3.05) is 31.1 Å². The Bertz CT molecular complexity index is 1210. The molecule has 4 aromatic rings. The maximum absolute atomic E-state index is 8.99. The van der Waals surface area contributed by atoms with E-state index in [0.717, 1.165) is 56.2 Å². The van der Waals surface area contributed by atoms with Crippen LogP contribution in [-0.4, -0.2) is 50.7 Å². The maximum atomic E-state index is 8.99. The number of nitriles is 1. The predicted octanol–water partition coefficient (Wildman–Crippen LogP) is 3.38. The highest BCUT2D eigenvalue weighted by molar-refractivity contribution is 5.65. The van der Waals surface area contributed by atoms with Crippen LogP contribution in [0.3, 0.4) is 0 Å². The molecular formula is C24H23N7. The first-order chi connectivity index (χ1) is 15.3. The van der Waals surface area contributed by atoms with Crippen LogP contribution in [0.1, 0.15) is 17.5 Å². The molecule has 7 nitrogen and oxygen atoms in total. The van der Waals surface area contributed by atoms with Gasteiger partial charge in [0, 0.05) is 44.4 Å². The zero-order chi connectivity index (χ0) is 21.0. The zero-order valence-electron chi connectivity index (χ0n) is 17.2. The Morgan fingerprint density at radius 3 is 2.58 bits per heavy atom. The first kappa shape index (κ1) is 19.2. The quantitative estimate of drug-likeness (QED) is 0.515. The Kier molecular flexibility index (Phi) is 5.29. The van der Waals surface area contributed by atoms with Gasteiger partial charge in [-0.25, -0.2) is 4.98 Å². The molecular weight excluding hydrogens is 386 g/mol. The standard InChI is InChI=1S/C24H23N7/c25-16-19-7-9-20(10-8-19)17-29-11-4-12-30(14-13-29)23-15-22(21-5-2-1-3-6-21)28-24-26-18-27-31(23)24/h1-3,5-10,15,18H,4,11-14,17H2. The van der Waals surface area contributed by atoms with Crippen molar-refractivity contribution in [3.05, 3.63) is 78.1 Å². The molecule has 31 heavy (non-hydrogen) atoms. The summed E-state index contributed by atoms with van der Waals surface area (Å²) in [5.74, 6) is 1.65. The second kappa shape index (κ2) is 8.54. The molecule has 1 aliphatic rings. The SMILES string of the molecule is N#Cc1ccc(CN2CCCN(c3cc(-c4ccccc4)nc4ncnn34)CC2)cc1. The molecule has 0 atom stereocenters. The van der Waals surface area contributed by atoms with Gasteiger partial charge in [-0.1, -0.05) is 42.5 Å². The number of nitrogens with zero attached hydrogens (tertiary/aromatic N) is 7. The minimum atomic E-state index is 0.620. The summed E-state index contributed by atoms with van der Waals surface area (Å²) in [6.45, 7) is 4.75. The lowest BCUT2D eigenvalue weighted by Gasteiger charge is -2.24. The van der Waals surface area contributed by atoms with E-state index in [1.165, 1.54) is 5.56 Å². The molecule has 1 aliphatic heterocycles. The molecule has 0 amide bonds. The van der Waals surface area contributed by atoms with Gasteiger partial charge in [0.1, 0.15) is 12.1 Å². The average Bonchev–Trinajstić information content (AvgIpc) is 3.18. The summed E-state index contributed by atoms with van der Waals surface area (Å²) in [7, 11) is 0. The van der Waals surface area contributed by atoms with E-state index in [1.807, 2.05) is 34.8 Å². The monoisotopic (exact) mass is 409 g/mol. The highest BCUT2D eigenvalue weighted by Gasteiger charge is 2.19. The van der Waals surface area contributed by atoms with E-state index in [-0.39, 0.29) is 0 Å². The highest BCUT2D eigenvalue weighted by Crippen LogP contribution is 2.24. The van der Waals surface area contributed by atoms with Crippen molar-refractivity contribution in [1.82, 2.24) is 24.5 Å². The molecule has 2 aromatic heterocycles. The summed E-state index contributed by atoms with van der Waals surface area (Å²) >= 11 is 0. The van der Waals surface area contributed by atoms with Gasteiger partial charge in [0.2, 0.25) is 0 Å². The number of benzene rings is 2. The lowest BCUT2D eigenvalue weighted by atomic mass is 10.1. The molecule has 5 rings (SSSR count). The van der Waals surface area contributed by atoms with E-state index >= 15 is 0 Å². The van der Waals surface area contributed by atoms with E-state index < -0.39 is 0 Å². The summed E-state index contributed by atoms with van der Waals surface area (Å²) in [6, 6.07) is 22.4. The molecule has 0 unspecified atom stereocenters. The minimum Gasteiger partial charge on any atom is -0.355 e. The number of rotatable bonds is 4.